The minimum atomic E-state index is -0.476. The summed E-state index contributed by atoms with van der Waals surface area (Å²) in [6.45, 7) is 2.69. The SMILES string of the molecule is CCCCCC[C@@H](O)c1ccc(N2C(=O)CC[C@@H]2COCc2ccc(C(=O)OCCO)s2)cc1. The van der Waals surface area contributed by atoms with Crippen molar-refractivity contribution in [1.82, 2.24) is 0 Å². The van der Waals surface area contributed by atoms with Crippen molar-refractivity contribution in [2.24, 2.45) is 0 Å². The Labute approximate surface area is 205 Å². The van der Waals surface area contributed by atoms with Crippen LogP contribution in [-0.2, 0) is 20.9 Å². The molecule has 8 heteroatoms. The van der Waals surface area contributed by atoms with Gasteiger partial charge in [-0.2, -0.15) is 0 Å². The summed E-state index contributed by atoms with van der Waals surface area (Å²) >= 11 is 1.30. The summed E-state index contributed by atoms with van der Waals surface area (Å²) in [5, 5.41) is 19.2. The molecule has 34 heavy (non-hydrogen) atoms. The fourth-order valence-corrected chi connectivity index (χ4v) is 4.95. The molecule has 1 saturated heterocycles. The Morgan fingerprint density at radius 2 is 1.97 bits per heavy atom. The molecule has 1 aromatic heterocycles. The summed E-state index contributed by atoms with van der Waals surface area (Å²) in [6.07, 6.45) is 6.00. The number of aliphatic hydroxyl groups excluding tert-OH is 2. The first-order valence-corrected chi connectivity index (χ1v) is 12.9. The first-order chi connectivity index (χ1) is 16.5. The monoisotopic (exact) mass is 489 g/mol. The van der Waals surface area contributed by atoms with E-state index in [0.717, 1.165) is 41.8 Å². The van der Waals surface area contributed by atoms with Crippen LogP contribution < -0.4 is 4.90 Å². The molecule has 186 valence electrons. The van der Waals surface area contributed by atoms with E-state index in [-0.39, 0.29) is 25.2 Å². The molecular weight excluding hydrogens is 454 g/mol. The summed E-state index contributed by atoms with van der Waals surface area (Å²) in [5.74, 6) is -0.376. The lowest BCUT2D eigenvalue weighted by molar-refractivity contribution is -0.117. The quantitative estimate of drug-likeness (QED) is 0.297. The number of hydrogen-bond donors (Lipinski definition) is 2. The Bertz CT molecular complexity index is 912. The van der Waals surface area contributed by atoms with Crippen LogP contribution in [0.1, 0.15) is 78.1 Å². The summed E-state index contributed by atoms with van der Waals surface area (Å²) < 4.78 is 10.8. The van der Waals surface area contributed by atoms with Crippen LogP contribution in [0.3, 0.4) is 0 Å². The van der Waals surface area contributed by atoms with Gasteiger partial charge in [-0.15, -0.1) is 11.3 Å². The van der Waals surface area contributed by atoms with E-state index in [0.29, 0.717) is 24.5 Å². The van der Waals surface area contributed by atoms with Crippen molar-refractivity contribution < 1.29 is 29.3 Å². The minimum Gasteiger partial charge on any atom is -0.459 e. The van der Waals surface area contributed by atoms with E-state index in [1.54, 1.807) is 11.0 Å². The average Bonchev–Trinajstić information content (AvgIpc) is 3.47. The smallest absolute Gasteiger partial charge is 0.348 e. The van der Waals surface area contributed by atoms with E-state index in [2.05, 4.69) is 6.92 Å². The normalized spacial score (nSPS) is 16.7. The molecule has 1 aromatic carbocycles. The Morgan fingerprint density at radius 1 is 1.18 bits per heavy atom. The van der Waals surface area contributed by atoms with Gasteiger partial charge in [0, 0.05) is 17.0 Å². The predicted molar refractivity (Wildman–Crippen MR) is 132 cm³/mol. The van der Waals surface area contributed by atoms with Gasteiger partial charge in [0.05, 0.1) is 32.0 Å². The van der Waals surface area contributed by atoms with Gasteiger partial charge in [0.25, 0.3) is 0 Å². The minimum absolute atomic E-state index is 0.0208. The number of amides is 1. The van der Waals surface area contributed by atoms with Crippen LogP contribution >= 0.6 is 11.3 Å². The van der Waals surface area contributed by atoms with Gasteiger partial charge >= 0.3 is 5.97 Å². The van der Waals surface area contributed by atoms with E-state index >= 15 is 0 Å². The number of carbonyl (C=O) groups excluding carboxylic acids is 2. The number of esters is 1. The van der Waals surface area contributed by atoms with E-state index in [9.17, 15) is 14.7 Å². The molecule has 3 rings (SSSR count). The number of unbranched alkanes of at least 4 members (excludes halogenated alkanes) is 3. The van der Waals surface area contributed by atoms with Crippen molar-refractivity contribution in [1.29, 1.82) is 0 Å². The van der Waals surface area contributed by atoms with Crippen molar-refractivity contribution in [2.75, 3.05) is 24.7 Å². The van der Waals surface area contributed by atoms with E-state index in [1.165, 1.54) is 24.2 Å². The van der Waals surface area contributed by atoms with Gasteiger partial charge in [0.1, 0.15) is 11.5 Å². The molecule has 0 spiro atoms. The molecule has 1 amide bonds. The van der Waals surface area contributed by atoms with E-state index in [4.69, 9.17) is 14.6 Å². The van der Waals surface area contributed by atoms with Crippen molar-refractivity contribution >= 4 is 28.9 Å². The Balaban J connectivity index is 1.51. The zero-order chi connectivity index (χ0) is 24.3. The third kappa shape index (κ3) is 7.37. The van der Waals surface area contributed by atoms with Crippen molar-refractivity contribution in [3.05, 3.63) is 51.7 Å². The number of nitrogens with zero attached hydrogens (tertiary/aromatic N) is 1. The van der Waals surface area contributed by atoms with Gasteiger partial charge in [0.2, 0.25) is 5.91 Å². The van der Waals surface area contributed by atoms with Crippen molar-refractivity contribution in [2.45, 2.75) is 70.6 Å². The van der Waals surface area contributed by atoms with Crippen LogP contribution in [0.4, 0.5) is 5.69 Å². The summed E-state index contributed by atoms with van der Waals surface area (Å²) in [4.78, 5) is 27.6. The fraction of sp³-hybridized carbons (Fsp3) is 0.538. The number of thiophene rings is 1. The van der Waals surface area contributed by atoms with Crippen molar-refractivity contribution in [3.8, 4) is 0 Å². The van der Waals surface area contributed by atoms with E-state index in [1.807, 2.05) is 30.3 Å². The standard InChI is InChI=1S/C26H35NO6S/c1-2-3-4-5-6-23(29)19-7-9-20(10-8-19)27-21(11-14-25(27)30)17-32-18-22-12-13-24(34-22)26(31)33-16-15-28/h7-10,12-13,21,23,28-29H,2-6,11,14-18H2,1H3/t21-,23-/m1/s1. The molecule has 2 N–H and O–H groups in total. The third-order valence-electron chi connectivity index (χ3n) is 5.95. The number of hydrogen-bond acceptors (Lipinski definition) is 7. The second kappa shape index (κ2) is 13.6. The van der Waals surface area contributed by atoms with Gasteiger partial charge in [-0.1, -0.05) is 44.7 Å². The number of rotatable bonds is 14. The molecule has 1 fully saturated rings. The van der Waals surface area contributed by atoms with Crippen LogP contribution in [0.25, 0.3) is 0 Å². The number of aliphatic hydroxyl groups is 2. The highest BCUT2D eigenvalue weighted by molar-refractivity contribution is 7.13. The topological polar surface area (TPSA) is 96.3 Å². The summed E-state index contributed by atoms with van der Waals surface area (Å²) in [5.41, 5.74) is 1.70. The highest BCUT2D eigenvalue weighted by atomic mass is 32.1. The first-order valence-electron chi connectivity index (χ1n) is 12.1. The number of ether oxygens (including phenoxy) is 2. The molecule has 7 nitrogen and oxygen atoms in total. The summed E-state index contributed by atoms with van der Waals surface area (Å²) in [6, 6.07) is 11.1. The lowest BCUT2D eigenvalue weighted by Gasteiger charge is -2.25. The molecule has 2 atom stereocenters. The molecule has 1 aliphatic heterocycles. The summed E-state index contributed by atoms with van der Waals surface area (Å²) in [7, 11) is 0. The molecular formula is C26H35NO6S. The van der Waals surface area contributed by atoms with Gasteiger partial charge in [-0.25, -0.2) is 4.79 Å². The predicted octanol–water partition coefficient (Wildman–Crippen LogP) is 4.61. The molecule has 2 heterocycles. The average molecular weight is 490 g/mol. The van der Waals surface area contributed by atoms with Crippen LogP contribution in [-0.4, -0.2) is 48.0 Å². The number of benzene rings is 1. The van der Waals surface area contributed by atoms with Crippen LogP contribution in [0.15, 0.2) is 36.4 Å². The largest absolute Gasteiger partial charge is 0.459 e. The molecule has 0 radical (unpaired) electrons. The van der Waals surface area contributed by atoms with Crippen LogP contribution in [0.2, 0.25) is 0 Å². The first kappa shape index (κ1) is 26.3. The molecule has 1 aliphatic rings. The van der Waals surface area contributed by atoms with Gasteiger partial charge in [-0.05, 0) is 42.7 Å². The zero-order valence-corrected chi connectivity index (χ0v) is 20.6. The van der Waals surface area contributed by atoms with Gasteiger partial charge < -0.3 is 24.6 Å². The highest BCUT2D eigenvalue weighted by Crippen LogP contribution is 2.29. The lowest BCUT2D eigenvalue weighted by Crippen LogP contribution is -2.36. The maximum Gasteiger partial charge on any atom is 0.348 e. The molecule has 0 bridgehead atoms. The molecule has 0 unspecified atom stereocenters. The second-order valence-corrected chi connectivity index (χ2v) is 9.72. The molecule has 2 aromatic rings. The molecule has 0 aliphatic carbocycles. The maximum atomic E-state index is 12.6. The third-order valence-corrected chi connectivity index (χ3v) is 6.99. The van der Waals surface area contributed by atoms with Crippen LogP contribution in [0.5, 0.6) is 0 Å². The Kier molecular flexibility index (Phi) is 10.5. The van der Waals surface area contributed by atoms with Gasteiger partial charge in [0.15, 0.2) is 0 Å². The van der Waals surface area contributed by atoms with E-state index < -0.39 is 12.1 Å². The Morgan fingerprint density at radius 3 is 2.71 bits per heavy atom. The van der Waals surface area contributed by atoms with Crippen molar-refractivity contribution in [3.63, 3.8) is 0 Å². The highest BCUT2D eigenvalue weighted by Gasteiger charge is 2.32. The second-order valence-electron chi connectivity index (χ2n) is 8.55. The Hall–Kier alpha value is -2.26. The fourth-order valence-electron chi connectivity index (χ4n) is 4.11. The zero-order valence-electron chi connectivity index (χ0n) is 19.8. The van der Waals surface area contributed by atoms with Gasteiger partial charge in [-0.3, -0.25) is 4.79 Å². The molecule has 0 saturated carbocycles. The number of anilines is 1. The maximum absolute atomic E-state index is 12.6. The number of carbonyl (C=O) groups is 2. The van der Waals surface area contributed by atoms with Crippen LogP contribution in [0, 0.1) is 0 Å². The lowest BCUT2D eigenvalue weighted by atomic mass is 10.0.